The lowest BCUT2D eigenvalue weighted by atomic mass is 9.88. The van der Waals surface area contributed by atoms with E-state index in [2.05, 4.69) is 25.6 Å². The largest absolute Gasteiger partial charge is 0.489 e. The summed E-state index contributed by atoms with van der Waals surface area (Å²) in [6.45, 7) is 2.05. The van der Waals surface area contributed by atoms with Crippen molar-refractivity contribution in [2.24, 2.45) is 4.99 Å². The number of amides is 2. The van der Waals surface area contributed by atoms with Crippen LogP contribution in [-0.2, 0) is 6.61 Å². The van der Waals surface area contributed by atoms with Crippen LogP contribution in [0.5, 0.6) is 5.75 Å². The van der Waals surface area contributed by atoms with Crippen molar-refractivity contribution in [2.75, 3.05) is 31.1 Å². The predicted molar refractivity (Wildman–Crippen MR) is 144 cm³/mol. The molecule has 2 aromatic carbocycles. The normalized spacial score (nSPS) is 16.0. The Balaban J connectivity index is 1.12. The van der Waals surface area contributed by atoms with Gasteiger partial charge in [-0.15, -0.1) is 0 Å². The molecule has 0 radical (unpaired) electrons. The third-order valence-electron chi connectivity index (χ3n) is 6.63. The third-order valence-corrected chi connectivity index (χ3v) is 6.91. The van der Waals surface area contributed by atoms with Gasteiger partial charge in [0.2, 0.25) is 0 Å². The van der Waals surface area contributed by atoms with Crippen molar-refractivity contribution in [1.82, 2.24) is 25.5 Å². The lowest BCUT2D eigenvalue weighted by Crippen LogP contribution is -2.57. The number of nitrogens with zero attached hydrogens (tertiary/aromatic N) is 4. The second kappa shape index (κ2) is 10.5. The first-order valence-electron chi connectivity index (χ1n) is 12.1. The molecule has 6 N–H and O–H groups in total. The number of hydrogen-bond acceptors (Lipinski definition) is 9. The Morgan fingerprint density at radius 3 is 2.45 bits per heavy atom. The first-order valence-corrected chi connectivity index (χ1v) is 12.5. The van der Waals surface area contributed by atoms with Crippen LogP contribution in [0.1, 0.15) is 39.3 Å². The highest BCUT2D eigenvalue weighted by Crippen LogP contribution is 2.27. The molecule has 1 fully saturated rings. The molecule has 196 valence electrons. The second-order valence-corrected chi connectivity index (χ2v) is 9.61. The Hall–Kier alpha value is -4.38. The van der Waals surface area contributed by atoms with E-state index in [0.717, 1.165) is 5.56 Å². The van der Waals surface area contributed by atoms with Crippen molar-refractivity contribution in [3.63, 3.8) is 0 Å². The molecule has 2 amide bonds. The maximum absolute atomic E-state index is 13.1. The molecular weight excluding hydrogens is 508 g/mol. The van der Waals surface area contributed by atoms with E-state index in [-0.39, 0.29) is 33.9 Å². The zero-order valence-corrected chi connectivity index (χ0v) is 21.2. The van der Waals surface area contributed by atoms with Gasteiger partial charge in [0.05, 0.1) is 12.1 Å². The summed E-state index contributed by atoms with van der Waals surface area (Å²) >= 11 is 5.87. The van der Waals surface area contributed by atoms with Crippen LogP contribution in [0.15, 0.2) is 59.6 Å². The number of ether oxygens (including phenoxy) is 1. The van der Waals surface area contributed by atoms with Crippen LogP contribution in [0.3, 0.4) is 0 Å². The van der Waals surface area contributed by atoms with Gasteiger partial charge in [0.25, 0.3) is 11.8 Å². The molecule has 12 heteroatoms. The predicted octanol–water partition coefficient (Wildman–Crippen LogP) is 2.24. The lowest BCUT2D eigenvalue weighted by Gasteiger charge is -2.39. The number of carbonyl (C=O) groups is 2. The molecule has 0 aliphatic carbocycles. The average Bonchev–Trinajstić information content (AvgIpc) is 3.31. The Morgan fingerprint density at radius 2 is 1.74 bits per heavy atom. The van der Waals surface area contributed by atoms with Crippen molar-refractivity contribution >= 4 is 41.0 Å². The second-order valence-electron chi connectivity index (χ2n) is 9.25. The summed E-state index contributed by atoms with van der Waals surface area (Å²) in [5.41, 5.74) is 12.5. The van der Waals surface area contributed by atoms with Gasteiger partial charge in [-0.05, 0) is 42.7 Å². The molecule has 0 atom stereocenters. The van der Waals surface area contributed by atoms with Crippen LogP contribution in [0, 0.1) is 0 Å². The molecule has 38 heavy (non-hydrogen) atoms. The van der Waals surface area contributed by atoms with Gasteiger partial charge in [0, 0.05) is 18.7 Å². The molecule has 3 aromatic rings. The van der Waals surface area contributed by atoms with Crippen LogP contribution >= 0.6 is 11.6 Å². The fourth-order valence-corrected chi connectivity index (χ4v) is 4.57. The van der Waals surface area contributed by atoms with Gasteiger partial charge in [0.1, 0.15) is 12.4 Å². The number of carbonyl (C=O) groups excluding carboxylic acids is 2. The summed E-state index contributed by atoms with van der Waals surface area (Å²) in [6.07, 6.45) is 1.35. The molecule has 0 saturated carbocycles. The van der Waals surface area contributed by atoms with Crippen molar-refractivity contribution < 1.29 is 14.3 Å². The quantitative estimate of drug-likeness (QED) is 0.387. The number of nitrogen functional groups attached to an aromatic ring is 2. The Kier molecular flexibility index (Phi) is 7.01. The van der Waals surface area contributed by atoms with Gasteiger partial charge >= 0.3 is 0 Å². The van der Waals surface area contributed by atoms with E-state index in [1.54, 1.807) is 12.1 Å². The molecule has 1 aromatic heterocycles. The number of rotatable bonds is 5. The van der Waals surface area contributed by atoms with Gasteiger partial charge in [-0.25, -0.2) is 9.97 Å². The molecule has 2 aliphatic heterocycles. The molecule has 2 aliphatic rings. The van der Waals surface area contributed by atoms with Crippen LogP contribution in [0.4, 0.5) is 11.6 Å². The Bertz CT molecular complexity index is 1370. The maximum atomic E-state index is 13.1. The topological polar surface area (TPSA) is 161 Å². The number of anilines is 2. The number of piperidine rings is 1. The zero-order chi connectivity index (χ0) is 26.7. The van der Waals surface area contributed by atoms with Gasteiger partial charge in [-0.2, -0.15) is 0 Å². The van der Waals surface area contributed by atoms with Crippen LogP contribution in [-0.4, -0.2) is 57.8 Å². The van der Waals surface area contributed by atoms with E-state index in [9.17, 15) is 9.59 Å². The molecule has 0 unspecified atom stereocenters. The zero-order valence-electron chi connectivity index (χ0n) is 20.5. The summed E-state index contributed by atoms with van der Waals surface area (Å²) in [6, 6.07) is 17.1. The minimum Gasteiger partial charge on any atom is -0.489 e. The SMILES string of the molecule is Nc1nc(N)c(C(=O)NC2=NCC3(CCN(C(=O)c4ccc(OCc5ccccc5)cc4)CC3)N2)nc1Cl. The number of likely N-dealkylation sites (tertiary alicyclic amines) is 1. The molecule has 0 bridgehead atoms. The van der Waals surface area contributed by atoms with Crippen molar-refractivity contribution in [3.8, 4) is 5.75 Å². The highest BCUT2D eigenvalue weighted by Gasteiger charge is 2.40. The minimum absolute atomic E-state index is 0.0313. The molecule has 1 saturated heterocycles. The van der Waals surface area contributed by atoms with Crippen LogP contribution in [0.25, 0.3) is 0 Å². The van der Waals surface area contributed by atoms with Gasteiger partial charge < -0.3 is 26.4 Å². The smallest absolute Gasteiger partial charge is 0.280 e. The van der Waals surface area contributed by atoms with Gasteiger partial charge in [0.15, 0.2) is 28.4 Å². The van der Waals surface area contributed by atoms with E-state index >= 15 is 0 Å². The number of hydrogen-bond donors (Lipinski definition) is 4. The molecule has 11 nitrogen and oxygen atoms in total. The third kappa shape index (κ3) is 5.47. The summed E-state index contributed by atoms with van der Waals surface area (Å²) in [7, 11) is 0. The van der Waals surface area contributed by atoms with Crippen molar-refractivity contribution in [3.05, 3.63) is 76.6 Å². The van der Waals surface area contributed by atoms with E-state index in [0.29, 0.717) is 56.4 Å². The van der Waals surface area contributed by atoms with E-state index in [1.165, 1.54) is 0 Å². The number of halogens is 1. The standard InChI is InChI=1S/C26H27ClN8O3/c27-20-22(29)32-21(28)19(31-20)23(36)33-25-30-15-26(34-25)10-12-35(13-11-26)24(37)17-6-8-18(9-7-17)38-14-16-4-2-1-3-5-16/h1-9H,10-15H2,(H4,28,29,32)(H2,30,33,34,36). The number of guanidine groups is 1. The maximum Gasteiger partial charge on any atom is 0.280 e. The fraction of sp³-hybridized carbons (Fsp3) is 0.269. The minimum atomic E-state index is -0.594. The Morgan fingerprint density at radius 1 is 1.03 bits per heavy atom. The van der Waals surface area contributed by atoms with Crippen LogP contribution < -0.4 is 26.8 Å². The molecular formula is C26H27ClN8O3. The first kappa shape index (κ1) is 25.3. The van der Waals surface area contributed by atoms with Gasteiger partial charge in [-0.1, -0.05) is 41.9 Å². The highest BCUT2D eigenvalue weighted by atomic mass is 35.5. The van der Waals surface area contributed by atoms with Crippen molar-refractivity contribution in [1.29, 1.82) is 0 Å². The van der Waals surface area contributed by atoms with E-state index < -0.39 is 5.91 Å². The number of aliphatic imine (C=N–C) groups is 1. The number of nitrogens with two attached hydrogens (primary N) is 2. The molecule has 1 spiro atoms. The number of nitrogens with one attached hydrogen (secondary N) is 2. The van der Waals surface area contributed by atoms with E-state index in [4.69, 9.17) is 27.8 Å². The van der Waals surface area contributed by atoms with Gasteiger partial charge in [-0.3, -0.25) is 19.9 Å². The Labute approximate surface area is 224 Å². The summed E-state index contributed by atoms with van der Waals surface area (Å²) in [5, 5.41) is 5.87. The summed E-state index contributed by atoms with van der Waals surface area (Å²) in [5.74, 6) is 0.221. The molecule has 5 rings (SSSR count). The van der Waals surface area contributed by atoms with Crippen molar-refractivity contribution in [2.45, 2.75) is 25.0 Å². The monoisotopic (exact) mass is 534 g/mol. The molecule has 3 heterocycles. The first-order chi connectivity index (χ1) is 18.3. The van der Waals surface area contributed by atoms with Crippen LogP contribution in [0.2, 0.25) is 5.15 Å². The highest BCUT2D eigenvalue weighted by molar-refractivity contribution is 6.31. The average molecular weight is 535 g/mol. The van der Waals surface area contributed by atoms with E-state index in [1.807, 2.05) is 47.4 Å². The summed E-state index contributed by atoms with van der Waals surface area (Å²) in [4.78, 5) is 39.7. The lowest BCUT2D eigenvalue weighted by molar-refractivity contribution is 0.0668. The number of benzene rings is 2. The number of aromatic nitrogens is 2. The summed E-state index contributed by atoms with van der Waals surface area (Å²) < 4.78 is 5.82. The fourth-order valence-electron chi connectivity index (χ4n) is 4.44.